The van der Waals surface area contributed by atoms with Crippen LogP contribution in [0.25, 0.3) is 0 Å². The molecule has 0 atom stereocenters. The second kappa shape index (κ2) is 5.94. The van der Waals surface area contributed by atoms with Crippen LogP contribution in [0.1, 0.15) is 24.0 Å². The maximum Gasteiger partial charge on any atom is 0.306 e. The monoisotopic (exact) mass is 331 g/mol. The highest BCUT2D eigenvalue weighted by Gasteiger charge is 2.32. The van der Waals surface area contributed by atoms with E-state index in [1.54, 1.807) is 26.0 Å². The minimum absolute atomic E-state index is 0.237. The van der Waals surface area contributed by atoms with E-state index < -0.39 is 21.9 Å². The first-order valence-electron chi connectivity index (χ1n) is 6.73. The van der Waals surface area contributed by atoms with Gasteiger partial charge in [-0.05, 0) is 49.9 Å². The van der Waals surface area contributed by atoms with Crippen LogP contribution < -0.4 is 0 Å². The zero-order chi connectivity index (χ0) is 15.8. The number of rotatable bonds is 3. The molecule has 0 bridgehead atoms. The summed E-state index contributed by atoms with van der Waals surface area (Å²) >= 11 is 6.00. The van der Waals surface area contributed by atoms with Crippen molar-refractivity contribution in [3.63, 3.8) is 0 Å². The maximum absolute atomic E-state index is 12.7. The number of aryl methyl sites for hydroxylation is 2. The van der Waals surface area contributed by atoms with Gasteiger partial charge in [0.15, 0.2) is 0 Å². The summed E-state index contributed by atoms with van der Waals surface area (Å²) in [6.07, 6.45) is 0.695. The average Bonchev–Trinajstić information content (AvgIpc) is 2.42. The molecule has 1 N–H and O–H groups in total. The second-order valence-electron chi connectivity index (χ2n) is 5.38. The van der Waals surface area contributed by atoms with Crippen LogP contribution in [-0.2, 0) is 14.8 Å². The summed E-state index contributed by atoms with van der Waals surface area (Å²) < 4.78 is 26.7. The van der Waals surface area contributed by atoms with Gasteiger partial charge in [-0.25, -0.2) is 8.42 Å². The highest BCUT2D eigenvalue weighted by molar-refractivity contribution is 7.89. The van der Waals surface area contributed by atoms with Crippen LogP contribution in [0.4, 0.5) is 0 Å². The SMILES string of the molecule is Cc1cc(S(=O)(=O)N2CCC(C(=O)O)CC2)c(C)cc1Cl. The molecule has 7 heteroatoms. The van der Waals surface area contributed by atoms with Crippen molar-refractivity contribution in [2.75, 3.05) is 13.1 Å². The van der Waals surface area contributed by atoms with Crippen LogP contribution in [0.15, 0.2) is 17.0 Å². The Bertz CT molecular complexity index is 664. The van der Waals surface area contributed by atoms with Crippen LogP contribution in [0, 0.1) is 19.8 Å². The number of halogens is 1. The van der Waals surface area contributed by atoms with E-state index in [1.807, 2.05) is 0 Å². The lowest BCUT2D eigenvalue weighted by Gasteiger charge is -2.29. The van der Waals surface area contributed by atoms with Crippen molar-refractivity contribution >= 4 is 27.6 Å². The number of aliphatic carboxylic acids is 1. The quantitative estimate of drug-likeness (QED) is 0.923. The lowest BCUT2D eigenvalue weighted by atomic mass is 9.99. The number of piperidine rings is 1. The van der Waals surface area contributed by atoms with Gasteiger partial charge in [-0.1, -0.05) is 11.6 Å². The molecule has 21 heavy (non-hydrogen) atoms. The average molecular weight is 332 g/mol. The molecule has 116 valence electrons. The van der Waals surface area contributed by atoms with Crippen LogP contribution >= 0.6 is 11.6 Å². The van der Waals surface area contributed by atoms with Crippen LogP contribution in [-0.4, -0.2) is 36.9 Å². The number of carboxylic acids is 1. The Labute approximate surface area is 129 Å². The van der Waals surface area contributed by atoms with Gasteiger partial charge in [-0.2, -0.15) is 4.31 Å². The van der Waals surface area contributed by atoms with Crippen molar-refractivity contribution < 1.29 is 18.3 Å². The molecule has 5 nitrogen and oxygen atoms in total. The first-order chi connectivity index (χ1) is 9.73. The highest BCUT2D eigenvalue weighted by atomic mass is 35.5. The first-order valence-corrected chi connectivity index (χ1v) is 8.55. The molecule has 0 saturated carbocycles. The number of hydrogen-bond donors (Lipinski definition) is 1. The lowest BCUT2D eigenvalue weighted by molar-refractivity contribution is -0.142. The third-order valence-corrected chi connectivity index (χ3v) is 6.33. The topological polar surface area (TPSA) is 74.7 Å². The molecule has 0 radical (unpaired) electrons. The van der Waals surface area contributed by atoms with E-state index in [1.165, 1.54) is 4.31 Å². The Hall–Kier alpha value is -1.11. The molecular weight excluding hydrogens is 314 g/mol. The molecule has 0 aromatic heterocycles. The predicted octanol–water partition coefficient (Wildman–Crippen LogP) is 2.44. The molecule has 0 spiro atoms. The van der Waals surface area contributed by atoms with E-state index in [9.17, 15) is 13.2 Å². The maximum atomic E-state index is 12.7. The summed E-state index contributed by atoms with van der Waals surface area (Å²) in [6, 6.07) is 3.23. The third kappa shape index (κ3) is 3.22. The highest BCUT2D eigenvalue weighted by Crippen LogP contribution is 2.29. The Kier molecular flexibility index (Phi) is 4.60. The number of benzene rings is 1. The summed E-state index contributed by atoms with van der Waals surface area (Å²) in [5.74, 6) is -1.31. The van der Waals surface area contributed by atoms with Crippen molar-refractivity contribution in [1.29, 1.82) is 0 Å². The van der Waals surface area contributed by atoms with Crippen LogP contribution in [0.5, 0.6) is 0 Å². The van der Waals surface area contributed by atoms with Gasteiger partial charge in [0, 0.05) is 18.1 Å². The van der Waals surface area contributed by atoms with E-state index in [0.717, 1.165) is 0 Å². The lowest BCUT2D eigenvalue weighted by Crippen LogP contribution is -2.40. The molecule has 0 aliphatic carbocycles. The molecule has 1 saturated heterocycles. The van der Waals surface area contributed by atoms with Gasteiger partial charge in [0.1, 0.15) is 0 Å². The summed E-state index contributed by atoms with van der Waals surface area (Å²) in [7, 11) is -3.60. The summed E-state index contributed by atoms with van der Waals surface area (Å²) in [5.41, 5.74) is 1.31. The van der Waals surface area contributed by atoms with E-state index >= 15 is 0 Å². The van der Waals surface area contributed by atoms with Gasteiger partial charge >= 0.3 is 5.97 Å². The Morgan fingerprint density at radius 3 is 2.33 bits per heavy atom. The van der Waals surface area contributed by atoms with Crippen molar-refractivity contribution in [1.82, 2.24) is 4.31 Å². The predicted molar refractivity (Wildman–Crippen MR) is 80.0 cm³/mol. The normalized spacial score (nSPS) is 17.9. The van der Waals surface area contributed by atoms with Crippen LogP contribution in [0.3, 0.4) is 0 Å². The van der Waals surface area contributed by atoms with Gasteiger partial charge in [0.05, 0.1) is 10.8 Å². The van der Waals surface area contributed by atoms with Gasteiger partial charge in [0.25, 0.3) is 0 Å². The van der Waals surface area contributed by atoms with Crippen molar-refractivity contribution in [2.45, 2.75) is 31.6 Å². The molecule has 1 fully saturated rings. The molecule has 1 aromatic rings. The molecule has 1 aliphatic heterocycles. The number of hydrogen-bond acceptors (Lipinski definition) is 3. The molecule has 2 rings (SSSR count). The minimum Gasteiger partial charge on any atom is -0.481 e. The Morgan fingerprint density at radius 1 is 1.24 bits per heavy atom. The number of carboxylic acid groups (broad SMARTS) is 1. The number of sulfonamides is 1. The first kappa shape index (κ1) is 16.3. The van der Waals surface area contributed by atoms with Gasteiger partial charge in [-0.15, -0.1) is 0 Å². The molecule has 0 amide bonds. The fourth-order valence-corrected chi connectivity index (χ4v) is 4.49. The number of carbonyl (C=O) groups is 1. The van der Waals surface area contributed by atoms with Crippen LogP contribution in [0.2, 0.25) is 5.02 Å². The molecular formula is C14H18ClNO4S. The number of nitrogens with zero attached hydrogens (tertiary/aromatic N) is 1. The smallest absolute Gasteiger partial charge is 0.306 e. The largest absolute Gasteiger partial charge is 0.481 e. The molecule has 1 heterocycles. The Morgan fingerprint density at radius 2 is 1.81 bits per heavy atom. The van der Waals surface area contributed by atoms with Crippen molar-refractivity contribution in [3.8, 4) is 0 Å². The van der Waals surface area contributed by atoms with E-state index in [0.29, 0.717) is 29.0 Å². The second-order valence-corrected chi connectivity index (χ2v) is 7.70. The minimum atomic E-state index is -3.60. The molecule has 1 aromatic carbocycles. The third-order valence-electron chi connectivity index (χ3n) is 3.88. The van der Waals surface area contributed by atoms with Crippen molar-refractivity contribution in [2.24, 2.45) is 5.92 Å². The molecule has 1 aliphatic rings. The zero-order valence-corrected chi connectivity index (χ0v) is 13.5. The van der Waals surface area contributed by atoms with E-state index in [2.05, 4.69) is 0 Å². The van der Waals surface area contributed by atoms with E-state index in [-0.39, 0.29) is 18.0 Å². The Balaban J connectivity index is 2.28. The van der Waals surface area contributed by atoms with Gasteiger partial charge in [-0.3, -0.25) is 4.79 Å². The van der Waals surface area contributed by atoms with Gasteiger partial charge < -0.3 is 5.11 Å². The fourth-order valence-electron chi connectivity index (χ4n) is 2.51. The molecule has 0 unspecified atom stereocenters. The standard InChI is InChI=1S/C14H18ClNO4S/c1-9-8-13(10(2)7-12(9)15)21(19,20)16-5-3-11(4-6-16)14(17)18/h7-8,11H,3-6H2,1-2H3,(H,17,18). The zero-order valence-electron chi connectivity index (χ0n) is 12.0. The van der Waals surface area contributed by atoms with E-state index in [4.69, 9.17) is 16.7 Å². The fraction of sp³-hybridized carbons (Fsp3) is 0.500. The summed E-state index contributed by atoms with van der Waals surface area (Å²) in [5, 5.41) is 9.51. The van der Waals surface area contributed by atoms with Crippen molar-refractivity contribution in [3.05, 3.63) is 28.3 Å². The van der Waals surface area contributed by atoms with Gasteiger partial charge in [0.2, 0.25) is 10.0 Å². The summed E-state index contributed by atoms with van der Waals surface area (Å²) in [4.78, 5) is 11.2. The summed E-state index contributed by atoms with van der Waals surface area (Å²) in [6.45, 7) is 3.94.